The number of fused-ring (bicyclic) bond motifs is 3. The summed E-state index contributed by atoms with van der Waals surface area (Å²) in [4.78, 5) is 12.4. The van der Waals surface area contributed by atoms with Gasteiger partial charge in [0.1, 0.15) is 0 Å². The van der Waals surface area contributed by atoms with E-state index in [9.17, 15) is 4.79 Å². The number of rotatable bonds is 4. The number of nitrogens with one attached hydrogen (secondary N) is 1. The van der Waals surface area contributed by atoms with Gasteiger partial charge in [0.15, 0.2) is 0 Å². The van der Waals surface area contributed by atoms with E-state index in [2.05, 4.69) is 30.4 Å². The predicted octanol–water partition coefficient (Wildman–Crippen LogP) is 4.05. The van der Waals surface area contributed by atoms with E-state index in [1.807, 2.05) is 0 Å². The highest BCUT2D eigenvalue weighted by molar-refractivity contribution is 5.79. The van der Waals surface area contributed by atoms with Gasteiger partial charge < -0.3 is 5.32 Å². The third-order valence-corrected chi connectivity index (χ3v) is 6.60. The Morgan fingerprint density at radius 1 is 1.17 bits per heavy atom. The molecule has 2 fully saturated rings. The fourth-order valence-corrected chi connectivity index (χ4v) is 5.40. The van der Waals surface area contributed by atoms with E-state index in [-0.39, 0.29) is 5.91 Å². The minimum Gasteiger partial charge on any atom is -0.353 e. The summed E-state index contributed by atoms with van der Waals surface area (Å²) in [5.74, 6) is 2.75. The molecular weight excluding hydrogens is 282 g/mol. The van der Waals surface area contributed by atoms with Crippen molar-refractivity contribution in [2.75, 3.05) is 0 Å². The summed E-state index contributed by atoms with van der Waals surface area (Å²) in [5, 5.41) is 3.30. The van der Waals surface area contributed by atoms with Crippen LogP contribution in [-0.2, 0) is 24.1 Å². The Morgan fingerprint density at radius 2 is 2.00 bits per heavy atom. The van der Waals surface area contributed by atoms with Crippen molar-refractivity contribution in [3.05, 3.63) is 34.9 Å². The molecule has 124 valence electrons. The number of benzene rings is 1. The lowest BCUT2D eigenvalue weighted by molar-refractivity contribution is -0.121. The Labute approximate surface area is 140 Å². The van der Waals surface area contributed by atoms with Crippen molar-refractivity contribution in [1.82, 2.24) is 5.32 Å². The normalized spacial score (nSPS) is 30.0. The molecule has 3 aliphatic rings. The van der Waals surface area contributed by atoms with Crippen LogP contribution in [0.15, 0.2) is 18.2 Å². The van der Waals surface area contributed by atoms with Gasteiger partial charge in [0, 0.05) is 6.04 Å². The molecule has 0 spiro atoms. The van der Waals surface area contributed by atoms with Crippen LogP contribution < -0.4 is 5.32 Å². The largest absolute Gasteiger partial charge is 0.353 e. The van der Waals surface area contributed by atoms with Crippen molar-refractivity contribution in [3.63, 3.8) is 0 Å². The van der Waals surface area contributed by atoms with Crippen molar-refractivity contribution < 1.29 is 4.79 Å². The number of amides is 1. The second-order valence-electron chi connectivity index (χ2n) is 8.18. The van der Waals surface area contributed by atoms with Gasteiger partial charge in [-0.15, -0.1) is 0 Å². The first-order valence-corrected chi connectivity index (χ1v) is 9.59. The van der Waals surface area contributed by atoms with Gasteiger partial charge in [-0.2, -0.15) is 0 Å². The number of aryl methyl sites for hydroxylation is 2. The van der Waals surface area contributed by atoms with Gasteiger partial charge >= 0.3 is 0 Å². The van der Waals surface area contributed by atoms with Gasteiger partial charge in [0.05, 0.1) is 6.42 Å². The molecule has 1 amide bonds. The summed E-state index contributed by atoms with van der Waals surface area (Å²) >= 11 is 0. The Balaban J connectivity index is 1.34. The lowest BCUT2D eigenvalue weighted by Crippen LogP contribution is -2.40. The number of carbonyl (C=O) groups excluding carboxylic acids is 1. The second kappa shape index (κ2) is 6.30. The van der Waals surface area contributed by atoms with Gasteiger partial charge in [0.25, 0.3) is 0 Å². The molecule has 3 aliphatic carbocycles. The number of carbonyl (C=O) groups is 1. The van der Waals surface area contributed by atoms with Crippen molar-refractivity contribution in [2.45, 2.75) is 70.8 Å². The molecule has 23 heavy (non-hydrogen) atoms. The summed E-state index contributed by atoms with van der Waals surface area (Å²) in [6, 6.07) is 7.02. The van der Waals surface area contributed by atoms with Crippen molar-refractivity contribution in [1.29, 1.82) is 0 Å². The van der Waals surface area contributed by atoms with E-state index in [0.29, 0.717) is 12.5 Å². The Hall–Kier alpha value is -1.31. The van der Waals surface area contributed by atoms with Crippen molar-refractivity contribution in [3.8, 4) is 0 Å². The van der Waals surface area contributed by atoms with E-state index in [1.165, 1.54) is 68.1 Å². The molecule has 0 aliphatic heterocycles. The molecule has 0 aromatic heterocycles. The minimum absolute atomic E-state index is 0.205. The average Bonchev–Trinajstić information content (AvgIpc) is 3.17. The van der Waals surface area contributed by atoms with Crippen LogP contribution in [-0.4, -0.2) is 11.9 Å². The Morgan fingerprint density at radius 3 is 2.74 bits per heavy atom. The molecule has 4 unspecified atom stereocenters. The quantitative estimate of drug-likeness (QED) is 0.893. The standard InChI is InChI=1S/C21H29NO/c1-14(20-12-15-7-9-19(20)11-15)22-21(23)13-16-6-8-17-4-2-3-5-18(17)10-16/h6,8,10,14-15,19-20H,2-5,7,9,11-13H2,1H3,(H,22,23). The first kappa shape index (κ1) is 15.2. The molecule has 2 heteroatoms. The molecule has 1 aromatic rings. The van der Waals surface area contributed by atoms with Crippen LogP contribution >= 0.6 is 0 Å². The Bertz CT molecular complexity index is 594. The van der Waals surface area contributed by atoms with Crippen molar-refractivity contribution >= 4 is 5.91 Å². The molecule has 0 radical (unpaired) electrons. The number of hydrogen-bond acceptors (Lipinski definition) is 1. The van der Waals surface area contributed by atoms with E-state index >= 15 is 0 Å². The van der Waals surface area contributed by atoms with Crippen LogP contribution in [0.25, 0.3) is 0 Å². The molecular formula is C21H29NO. The molecule has 1 N–H and O–H groups in total. The first-order valence-electron chi connectivity index (χ1n) is 9.59. The smallest absolute Gasteiger partial charge is 0.224 e. The van der Waals surface area contributed by atoms with Gasteiger partial charge in [-0.05, 0) is 86.3 Å². The Kier molecular flexibility index (Phi) is 4.17. The highest BCUT2D eigenvalue weighted by Crippen LogP contribution is 2.49. The molecule has 2 nitrogen and oxygen atoms in total. The molecule has 1 aromatic carbocycles. The zero-order valence-electron chi connectivity index (χ0n) is 14.3. The summed E-state index contributed by atoms with van der Waals surface area (Å²) in [5.41, 5.74) is 4.15. The lowest BCUT2D eigenvalue weighted by atomic mass is 9.84. The van der Waals surface area contributed by atoms with Crippen LogP contribution in [0.2, 0.25) is 0 Å². The van der Waals surface area contributed by atoms with Crippen LogP contribution in [0, 0.1) is 17.8 Å². The third kappa shape index (κ3) is 3.18. The maximum Gasteiger partial charge on any atom is 0.224 e. The third-order valence-electron chi connectivity index (χ3n) is 6.60. The molecule has 2 saturated carbocycles. The fraction of sp³-hybridized carbons (Fsp3) is 0.667. The maximum absolute atomic E-state index is 12.4. The molecule has 4 rings (SSSR count). The SMILES string of the molecule is CC(NC(=O)Cc1ccc2c(c1)CCCC2)C1CC2CCC1C2. The molecule has 2 bridgehead atoms. The highest BCUT2D eigenvalue weighted by Gasteiger charge is 2.42. The number of hydrogen-bond donors (Lipinski definition) is 1. The van der Waals surface area contributed by atoms with E-state index in [0.717, 1.165) is 17.8 Å². The van der Waals surface area contributed by atoms with E-state index < -0.39 is 0 Å². The average molecular weight is 311 g/mol. The maximum atomic E-state index is 12.4. The lowest BCUT2D eigenvalue weighted by Gasteiger charge is -2.28. The van der Waals surface area contributed by atoms with Crippen LogP contribution in [0.5, 0.6) is 0 Å². The summed E-state index contributed by atoms with van der Waals surface area (Å²) < 4.78 is 0. The van der Waals surface area contributed by atoms with Crippen LogP contribution in [0.3, 0.4) is 0 Å². The summed E-state index contributed by atoms with van der Waals surface area (Å²) in [6.45, 7) is 2.22. The second-order valence-corrected chi connectivity index (χ2v) is 8.18. The molecule has 0 heterocycles. The first-order chi connectivity index (χ1) is 11.2. The summed E-state index contributed by atoms with van der Waals surface area (Å²) in [7, 11) is 0. The van der Waals surface area contributed by atoms with Gasteiger partial charge in [-0.25, -0.2) is 0 Å². The zero-order valence-corrected chi connectivity index (χ0v) is 14.3. The highest BCUT2D eigenvalue weighted by atomic mass is 16.1. The molecule has 0 saturated heterocycles. The van der Waals surface area contributed by atoms with Crippen LogP contribution in [0.4, 0.5) is 0 Å². The zero-order chi connectivity index (χ0) is 15.8. The molecule has 4 atom stereocenters. The van der Waals surface area contributed by atoms with Gasteiger partial charge in [-0.1, -0.05) is 24.6 Å². The predicted molar refractivity (Wildman–Crippen MR) is 93.3 cm³/mol. The topological polar surface area (TPSA) is 29.1 Å². The van der Waals surface area contributed by atoms with Crippen LogP contribution in [0.1, 0.15) is 62.1 Å². The monoisotopic (exact) mass is 311 g/mol. The van der Waals surface area contributed by atoms with E-state index in [4.69, 9.17) is 0 Å². The summed E-state index contributed by atoms with van der Waals surface area (Å²) in [6.07, 6.45) is 11.1. The van der Waals surface area contributed by atoms with Gasteiger partial charge in [-0.3, -0.25) is 4.79 Å². The minimum atomic E-state index is 0.205. The van der Waals surface area contributed by atoms with E-state index in [1.54, 1.807) is 0 Å². The van der Waals surface area contributed by atoms with Crippen molar-refractivity contribution in [2.24, 2.45) is 17.8 Å². The fourth-order valence-electron chi connectivity index (χ4n) is 5.40. The van der Waals surface area contributed by atoms with Gasteiger partial charge in [0.2, 0.25) is 5.91 Å².